The number of Topliss-reactive ketones (excluding diaryl/α,β-unsaturated/α-hetero) is 1. The van der Waals surface area contributed by atoms with Crippen molar-refractivity contribution in [2.24, 2.45) is 0 Å². The summed E-state index contributed by atoms with van der Waals surface area (Å²) in [7, 11) is 0. The minimum atomic E-state index is -0.178. The van der Waals surface area contributed by atoms with E-state index in [1.807, 2.05) is 67.1 Å². The Balaban J connectivity index is 1.35. The zero-order valence-corrected chi connectivity index (χ0v) is 21.6. The number of benzene rings is 1. The number of H-pyrrole nitrogens is 1. The Bertz CT molecular complexity index is 1560. The Hall–Kier alpha value is -2.65. The van der Waals surface area contributed by atoms with E-state index in [4.69, 9.17) is 11.6 Å². The van der Waals surface area contributed by atoms with Crippen molar-refractivity contribution >= 4 is 62.0 Å². The molecule has 172 valence electrons. The molecule has 0 atom stereocenters. The summed E-state index contributed by atoms with van der Waals surface area (Å²) in [6, 6.07) is 13.6. The van der Waals surface area contributed by atoms with Crippen molar-refractivity contribution in [1.29, 1.82) is 0 Å². The maximum absolute atomic E-state index is 13.1. The molecule has 0 aliphatic rings. The lowest BCUT2D eigenvalue weighted by Gasteiger charge is -2.11. The van der Waals surface area contributed by atoms with Gasteiger partial charge in [0.15, 0.2) is 10.9 Å². The molecule has 1 aromatic carbocycles. The molecule has 0 saturated heterocycles. The van der Waals surface area contributed by atoms with E-state index in [0.29, 0.717) is 32.5 Å². The number of thiophene rings is 2. The van der Waals surface area contributed by atoms with Crippen molar-refractivity contribution in [3.05, 3.63) is 91.1 Å². The van der Waals surface area contributed by atoms with E-state index in [2.05, 4.69) is 14.5 Å². The SMILES string of the molecule is Cc1cc(C(=O)CSc2nc3scc(-c4cccs4)c3c(=O)[nH]2)c(C)n1Cc1ccccc1Cl. The Morgan fingerprint density at radius 1 is 1.18 bits per heavy atom. The minimum absolute atomic E-state index is 0.00305. The van der Waals surface area contributed by atoms with E-state index in [-0.39, 0.29) is 17.1 Å². The highest BCUT2D eigenvalue weighted by molar-refractivity contribution is 7.99. The van der Waals surface area contributed by atoms with Gasteiger partial charge in [0, 0.05) is 44.3 Å². The number of hydrogen-bond acceptors (Lipinski definition) is 6. The van der Waals surface area contributed by atoms with Gasteiger partial charge in [0.2, 0.25) is 0 Å². The average molecular weight is 526 g/mol. The van der Waals surface area contributed by atoms with Crippen LogP contribution < -0.4 is 5.56 Å². The molecule has 0 saturated carbocycles. The van der Waals surface area contributed by atoms with Gasteiger partial charge in [0.25, 0.3) is 5.56 Å². The van der Waals surface area contributed by atoms with E-state index in [1.54, 1.807) is 11.3 Å². The van der Waals surface area contributed by atoms with Crippen LogP contribution in [-0.2, 0) is 6.54 Å². The van der Waals surface area contributed by atoms with Crippen LogP contribution in [0.1, 0.15) is 27.3 Å². The molecule has 0 aliphatic heterocycles. The monoisotopic (exact) mass is 525 g/mol. The zero-order chi connectivity index (χ0) is 23.8. The lowest BCUT2D eigenvalue weighted by molar-refractivity contribution is 0.102. The van der Waals surface area contributed by atoms with Crippen LogP contribution in [0.4, 0.5) is 0 Å². The third kappa shape index (κ3) is 4.38. The molecule has 0 radical (unpaired) electrons. The lowest BCUT2D eigenvalue weighted by Crippen LogP contribution is -2.11. The van der Waals surface area contributed by atoms with Crippen molar-refractivity contribution in [2.45, 2.75) is 25.5 Å². The summed E-state index contributed by atoms with van der Waals surface area (Å²) in [5, 5.41) is 5.72. The first-order chi connectivity index (χ1) is 16.4. The summed E-state index contributed by atoms with van der Waals surface area (Å²) in [5.41, 5.74) is 4.31. The van der Waals surface area contributed by atoms with E-state index >= 15 is 0 Å². The lowest BCUT2D eigenvalue weighted by atomic mass is 10.2. The number of fused-ring (bicyclic) bond motifs is 1. The van der Waals surface area contributed by atoms with Crippen LogP contribution >= 0.6 is 46.0 Å². The summed E-state index contributed by atoms with van der Waals surface area (Å²) in [6.07, 6.45) is 0. The van der Waals surface area contributed by atoms with E-state index in [9.17, 15) is 9.59 Å². The Kier molecular flexibility index (Phi) is 6.48. The molecule has 0 fully saturated rings. The van der Waals surface area contributed by atoms with Crippen LogP contribution in [0.25, 0.3) is 20.7 Å². The normalized spacial score (nSPS) is 11.4. The average Bonchev–Trinajstić information content (AvgIpc) is 3.55. The third-order valence-corrected chi connectivity index (χ3v) is 8.73. The number of thioether (sulfide) groups is 1. The Morgan fingerprint density at radius 3 is 2.76 bits per heavy atom. The molecule has 9 heteroatoms. The maximum atomic E-state index is 13.1. The second kappa shape index (κ2) is 9.54. The summed E-state index contributed by atoms with van der Waals surface area (Å²) in [4.78, 5) is 35.0. The predicted octanol–water partition coefficient (Wildman–Crippen LogP) is 6.81. The quantitative estimate of drug-likeness (QED) is 0.144. The van der Waals surface area contributed by atoms with Gasteiger partial charge in [0.05, 0.1) is 11.1 Å². The van der Waals surface area contributed by atoms with E-state index < -0.39 is 0 Å². The number of halogens is 1. The van der Waals surface area contributed by atoms with Crippen molar-refractivity contribution in [3.8, 4) is 10.4 Å². The number of aryl methyl sites for hydroxylation is 1. The molecule has 0 amide bonds. The van der Waals surface area contributed by atoms with Gasteiger partial charge >= 0.3 is 0 Å². The highest BCUT2D eigenvalue weighted by Gasteiger charge is 2.18. The molecule has 5 rings (SSSR count). The minimum Gasteiger partial charge on any atom is -0.344 e. The number of aromatic nitrogens is 3. The largest absolute Gasteiger partial charge is 0.344 e. The predicted molar refractivity (Wildman–Crippen MR) is 143 cm³/mol. The zero-order valence-electron chi connectivity index (χ0n) is 18.4. The molecular weight excluding hydrogens is 506 g/mol. The molecule has 4 aromatic heterocycles. The Labute approximate surface area is 213 Å². The summed E-state index contributed by atoms with van der Waals surface area (Å²) < 4.78 is 2.10. The first-order valence-corrected chi connectivity index (χ1v) is 13.7. The molecule has 34 heavy (non-hydrogen) atoms. The summed E-state index contributed by atoms with van der Waals surface area (Å²) >= 11 is 10.6. The van der Waals surface area contributed by atoms with Gasteiger partial charge in [-0.2, -0.15) is 0 Å². The van der Waals surface area contributed by atoms with E-state index in [0.717, 1.165) is 27.4 Å². The van der Waals surface area contributed by atoms with Crippen LogP contribution in [0.15, 0.2) is 63.2 Å². The van der Waals surface area contributed by atoms with Crippen LogP contribution in [-0.4, -0.2) is 26.1 Å². The molecular formula is C25H20ClN3O2S3. The van der Waals surface area contributed by atoms with Gasteiger partial charge in [0.1, 0.15) is 4.83 Å². The number of hydrogen-bond donors (Lipinski definition) is 1. The molecule has 5 aromatic rings. The van der Waals surface area contributed by atoms with Crippen molar-refractivity contribution < 1.29 is 4.79 Å². The van der Waals surface area contributed by atoms with Crippen LogP contribution in [0.5, 0.6) is 0 Å². The molecule has 4 heterocycles. The van der Waals surface area contributed by atoms with Crippen molar-refractivity contribution in [3.63, 3.8) is 0 Å². The molecule has 1 N–H and O–H groups in total. The van der Waals surface area contributed by atoms with Gasteiger partial charge in [-0.05, 0) is 43.0 Å². The van der Waals surface area contributed by atoms with Gasteiger partial charge in [-0.3, -0.25) is 9.59 Å². The van der Waals surface area contributed by atoms with Crippen LogP contribution in [0.2, 0.25) is 5.02 Å². The number of nitrogens with zero attached hydrogens (tertiary/aromatic N) is 2. The second-order valence-corrected chi connectivity index (χ2v) is 11.0. The van der Waals surface area contributed by atoms with Gasteiger partial charge in [-0.25, -0.2) is 4.98 Å². The van der Waals surface area contributed by atoms with Gasteiger partial charge in [-0.1, -0.05) is 47.6 Å². The van der Waals surface area contributed by atoms with Crippen LogP contribution in [0.3, 0.4) is 0 Å². The fraction of sp³-hybridized carbons (Fsp3) is 0.160. The first-order valence-electron chi connectivity index (χ1n) is 10.5. The highest BCUT2D eigenvalue weighted by Crippen LogP contribution is 2.34. The highest BCUT2D eigenvalue weighted by atomic mass is 35.5. The number of carbonyl (C=O) groups excluding carboxylic acids is 1. The number of nitrogens with one attached hydrogen (secondary N) is 1. The molecule has 0 aliphatic carbocycles. The topological polar surface area (TPSA) is 67.8 Å². The van der Waals surface area contributed by atoms with Crippen molar-refractivity contribution in [2.75, 3.05) is 5.75 Å². The smallest absolute Gasteiger partial charge is 0.260 e. The number of aromatic amines is 1. The molecule has 5 nitrogen and oxygen atoms in total. The number of ketones is 1. The number of rotatable bonds is 7. The summed E-state index contributed by atoms with van der Waals surface area (Å²) in [5.74, 6) is 0.185. The first kappa shape index (κ1) is 23.1. The second-order valence-electron chi connectivity index (χ2n) is 7.85. The van der Waals surface area contributed by atoms with E-state index in [1.165, 1.54) is 23.1 Å². The summed E-state index contributed by atoms with van der Waals surface area (Å²) in [6.45, 7) is 4.54. The fourth-order valence-corrected chi connectivity index (χ4v) is 6.71. The number of carbonyl (C=O) groups is 1. The van der Waals surface area contributed by atoms with Gasteiger partial charge in [-0.15, -0.1) is 22.7 Å². The molecule has 0 spiro atoms. The molecule has 0 bridgehead atoms. The Morgan fingerprint density at radius 2 is 2.00 bits per heavy atom. The maximum Gasteiger partial charge on any atom is 0.260 e. The molecule has 0 unspecified atom stereocenters. The standard InChI is InChI=1S/C25H20ClN3O2S3/c1-14-10-17(15(2)29(14)11-16-6-3-4-7-19(16)26)20(30)13-34-25-27-23(31)22-18(12-33-24(22)28-25)21-8-5-9-32-21/h3-10,12H,11,13H2,1-2H3,(H,27,28,31). The fourth-order valence-electron chi connectivity index (χ4n) is 3.95. The van der Waals surface area contributed by atoms with Crippen molar-refractivity contribution in [1.82, 2.24) is 14.5 Å². The third-order valence-electron chi connectivity index (χ3n) is 5.71. The van der Waals surface area contributed by atoms with Gasteiger partial charge < -0.3 is 9.55 Å². The van der Waals surface area contributed by atoms with Crippen LogP contribution in [0, 0.1) is 13.8 Å².